The minimum atomic E-state index is -0.138. The van der Waals surface area contributed by atoms with E-state index in [4.69, 9.17) is 4.98 Å². The number of rotatable bonds is 5. The fourth-order valence-electron chi connectivity index (χ4n) is 5.10. The zero-order chi connectivity index (χ0) is 20.4. The van der Waals surface area contributed by atoms with E-state index >= 15 is 0 Å². The molecule has 2 saturated heterocycles. The van der Waals surface area contributed by atoms with Gasteiger partial charge in [-0.1, -0.05) is 18.6 Å². The first kappa shape index (κ1) is 20.2. The van der Waals surface area contributed by atoms with Crippen molar-refractivity contribution < 1.29 is 4.79 Å². The average molecular weight is 398 g/mol. The van der Waals surface area contributed by atoms with E-state index in [1.54, 1.807) is 0 Å². The van der Waals surface area contributed by atoms with Crippen LogP contribution in [0.15, 0.2) is 18.2 Å². The molecular weight excluding hydrogens is 362 g/mol. The molecule has 4 rings (SSSR count). The maximum absolute atomic E-state index is 13.1. The van der Waals surface area contributed by atoms with Crippen LogP contribution in [-0.2, 0) is 4.79 Å². The predicted molar refractivity (Wildman–Crippen MR) is 118 cm³/mol. The normalized spacial score (nSPS) is 26.0. The Balaban J connectivity index is 1.41. The number of H-pyrrole nitrogens is 1. The molecule has 6 nitrogen and oxygen atoms in total. The van der Waals surface area contributed by atoms with E-state index in [1.807, 2.05) is 6.07 Å². The largest absolute Gasteiger partial charge is 0.353 e. The number of nitrogens with zero attached hydrogens (tertiary/aromatic N) is 3. The molecule has 0 bridgehead atoms. The first-order valence-corrected chi connectivity index (χ1v) is 11.3. The molecule has 2 aliphatic heterocycles. The summed E-state index contributed by atoms with van der Waals surface area (Å²) in [5, 5.41) is 3.22. The number of carbonyl (C=O) groups excluding carboxylic acids is 1. The van der Waals surface area contributed by atoms with Crippen molar-refractivity contribution in [1.82, 2.24) is 20.2 Å². The molecule has 2 fully saturated rings. The van der Waals surface area contributed by atoms with E-state index in [1.165, 1.54) is 19.3 Å². The molecule has 2 N–H and O–H groups in total. The van der Waals surface area contributed by atoms with Crippen molar-refractivity contribution in [3.05, 3.63) is 23.8 Å². The van der Waals surface area contributed by atoms with Crippen molar-refractivity contribution in [1.29, 1.82) is 0 Å². The summed E-state index contributed by atoms with van der Waals surface area (Å²) < 4.78 is 0. The number of hydrogen-bond donors (Lipinski definition) is 2. The molecule has 2 aliphatic rings. The van der Waals surface area contributed by atoms with Crippen LogP contribution in [0.2, 0.25) is 0 Å². The molecule has 1 aromatic heterocycles. The molecule has 6 heteroatoms. The van der Waals surface area contributed by atoms with Crippen molar-refractivity contribution in [2.75, 3.05) is 24.5 Å². The van der Waals surface area contributed by atoms with E-state index in [9.17, 15) is 4.79 Å². The number of aromatic amines is 1. The number of imidazole rings is 1. The van der Waals surface area contributed by atoms with Gasteiger partial charge in [-0.05, 0) is 64.5 Å². The molecule has 0 unspecified atom stereocenters. The highest BCUT2D eigenvalue weighted by Crippen LogP contribution is 2.26. The summed E-state index contributed by atoms with van der Waals surface area (Å²) in [6.45, 7) is 9.22. The lowest BCUT2D eigenvalue weighted by molar-refractivity contribution is -0.123. The first-order valence-electron chi connectivity index (χ1n) is 11.3. The summed E-state index contributed by atoms with van der Waals surface area (Å²) in [4.78, 5) is 26.0. The van der Waals surface area contributed by atoms with Gasteiger partial charge >= 0.3 is 0 Å². The van der Waals surface area contributed by atoms with Crippen LogP contribution in [0.25, 0.3) is 11.0 Å². The summed E-state index contributed by atoms with van der Waals surface area (Å²) in [5.74, 6) is 0.964. The lowest BCUT2D eigenvalue weighted by Gasteiger charge is -2.39. The third kappa shape index (κ3) is 4.27. The Morgan fingerprint density at radius 3 is 2.72 bits per heavy atom. The van der Waals surface area contributed by atoms with Gasteiger partial charge in [0.1, 0.15) is 6.04 Å². The van der Waals surface area contributed by atoms with Gasteiger partial charge < -0.3 is 15.2 Å². The number of carbonyl (C=O) groups is 1. The van der Waals surface area contributed by atoms with Crippen LogP contribution >= 0.6 is 0 Å². The Hall–Kier alpha value is -2.08. The van der Waals surface area contributed by atoms with Gasteiger partial charge in [-0.15, -0.1) is 0 Å². The number of para-hydroxylation sites is 1. The number of benzene rings is 1. The lowest BCUT2D eigenvalue weighted by Crippen LogP contribution is -2.52. The molecule has 1 aromatic carbocycles. The molecule has 0 aliphatic carbocycles. The molecule has 2 aromatic rings. The van der Waals surface area contributed by atoms with Gasteiger partial charge in [-0.3, -0.25) is 9.69 Å². The third-order valence-electron chi connectivity index (χ3n) is 6.82. The standard InChI is InChI=1S/C23H35N5O/c1-16-8-6-11-19-21(16)26-23(25-19)28-14-5-4-12-20(28)22(29)24-13-15-27-17(2)9-7-10-18(27)3/h6,8,11,17-18,20H,4-5,7,9-10,12-15H2,1-3H3,(H,24,29)(H,25,26)/t17-,18+,20-/m0/s1. The quantitative estimate of drug-likeness (QED) is 0.809. The number of piperidine rings is 2. The highest BCUT2D eigenvalue weighted by Gasteiger charge is 2.31. The molecule has 1 amide bonds. The maximum Gasteiger partial charge on any atom is 0.242 e. The molecule has 3 atom stereocenters. The minimum absolute atomic E-state index is 0.138. The molecule has 29 heavy (non-hydrogen) atoms. The number of aromatic nitrogens is 2. The van der Waals surface area contributed by atoms with Gasteiger partial charge in [-0.25, -0.2) is 4.98 Å². The van der Waals surface area contributed by atoms with Crippen molar-refractivity contribution in [2.24, 2.45) is 0 Å². The van der Waals surface area contributed by atoms with E-state index in [0.29, 0.717) is 12.1 Å². The Labute approximate surface area is 174 Å². The van der Waals surface area contributed by atoms with Crippen molar-refractivity contribution in [3.63, 3.8) is 0 Å². The second-order valence-electron chi connectivity index (χ2n) is 8.89. The SMILES string of the molecule is Cc1cccc2[nH]c(N3CCCC[C@H]3C(=O)NCCN3[C@H](C)CCC[C@@H]3C)nc12. The van der Waals surface area contributed by atoms with Crippen LogP contribution in [0.3, 0.4) is 0 Å². The fraction of sp³-hybridized carbons (Fsp3) is 0.652. The fourth-order valence-corrected chi connectivity index (χ4v) is 5.10. The van der Waals surface area contributed by atoms with Crippen LogP contribution in [0.1, 0.15) is 57.9 Å². The number of amides is 1. The summed E-state index contributed by atoms with van der Waals surface area (Å²) in [6.07, 6.45) is 6.93. The van der Waals surface area contributed by atoms with Crippen molar-refractivity contribution in [2.45, 2.75) is 77.4 Å². The zero-order valence-electron chi connectivity index (χ0n) is 18.1. The highest BCUT2D eigenvalue weighted by atomic mass is 16.2. The van der Waals surface area contributed by atoms with Crippen LogP contribution in [0.4, 0.5) is 5.95 Å². The summed E-state index contributed by atoms with van der Waals surface area (Å²) in [7, 11) is 0. The lowest BCUT2D eigenvalue weighted by atomic mass is 9.97. The number of fused-ring (bicyclic) bond motifs is 1. The van der Waals surface area contributed by atoms with Crippen LogP contribution in [0, 0.1) is 6.92 Å². The van der Waals surface area contributed by atoms with Gasteiger partial charge in [0.2, 0.25) is 11.9 Å². The number of hydrogen-bond acceptors (Lipinski definition) is 4. The van der Waals surface area contributed by atoms with Crippen LogP contribution in [-0.4, -0.2) is 58.5 Å². The van der Waals surface area contributed by atoms with E-state index < -0.39 is 0 Å². The van der Waals surface area contributed by atoms with Gasteiger partial charge in [0.15, 0.2) is 0 Å². The number of nitrogens with one attached hydrogen (secondary N) is 2. The topological polar surface area (TPSA) is 64.3 Å². The van der Waals surface area contributed by atoms with Crippen molar-refractivity contribution in [3.8, 4) is 0 Å². The molecule has 0 radical (unpaired) electrons. The van der Waals surface area contributed by atoms with Crippen LogP contribution < -0.4 is 10.2 Å². The number of aryl methyl sites for hydroxylation is 1. The molecule has 0 saturated carbocycles. The van der Waals surface area contributed by atoms with E-state index in [-0.39, 0.29) is 11.9 Å². The molecule has 0 spiro atoms. The Morgan fingerprint density at radius 1 is 1.17 bits per heavy atom. The Kier molecular flexibility index (Phi) is 6.09. The zero-order valence-corrected chi connectivity index (χ0v) is 18.1. The van der Waals surface area contributed by atoms with Crippen LogP contribution in [0.5, 0.6) is 0 Å². The van der Waals surface area contributed by atoms with E-state index in [0.717, 1.165) is 61.4 Å². The second-order valence-corrected chi connectivity index (χ2v) is 8.89. The molecular formula is C23H35N5O. The smallest absolute Gasteiger partial charge is 0.242 e. The number of anilines is 1. The molecule has 158 valence electrons. The third-order valence-corrected chi connectivity index (χ3v) is 6.82. The number of likely N-dealkylation sites (tertiary alicyclic amines) is 1. The summed E-state index contributed by atoms with van der Waals surface area (Å²) in [5.41, 5.74) is 3.20. The Morgan fingerprint density at radius 2 is 1.97 bits per heavy atom. The minimum Gasteiger partial charge on any atom is -0.353 e. The van der Waals surface area contributed by atoms with Crippen molar-refractivity contribution >= 4 is 22.9 Å². The van der Waals surface area contributed by atoms with Gasteiger partial charge in [-0.2, -0.15) is 0 Å². The maximum atomic E-state index is 13.1. The first-order chi connectivity index (χ1) is 14.0. The van der Waals surface area contributed by atoms with E-state index in [2.05, 4.69) is 53.0 Å². The van der Waals surface area contributed by atoms with Gasteiger partial charge in [0.25, 0.3) is 0 Å². The molecule has 3 heterocycles. The van der Waals surface area contributed by atoms with Gasteiger partial charge in [0.05, 0.1) is 11.0 Å². The second kappa shape index (κ2) is 8.74. The monoisotopic (exact) mass is 397 g/mol. The predicted octanol–water partition coefficient (Wildman–Crippen LogP) is 3.61. The summed E-state index contributed by atoms with van der Waals surface area (Å²) >= 11 is 0. The van der Waals surface area contributed by atoms with Gasteiger partial charge in [0, 0.05) is 31.7 Å². The average Bonchev–Trinajstić information content (AvgIpc) is 3.16. The summed E-state index contributed by atoms with van der Waals surface area (Å²) in [6, 6.07) is 7.26. The Bertz CT molecular complexity index is 837. The highest BCUT2D eigenvalue weighted by molar-refractivity contribution is 5.86.